The molecule has 176 valence electrons. The number of amides is 2. The molecule has 2 aromatic carbocycles. The zero-order valence-corrected chi connectivity index (χ0v) is 19.8. The molecule has 10 heteroatoms. The number of piperazine rings is 1. The van der Waals surface area contributed by atoms with Crippen molar-refractivity contribution in [1.82, 2.24) is 30.0 Å². The Morgan fingerprint density at radius 3 is 2.44 bits per heavy atom. The minimum atomic E-state index is -0.162. The smallest absolute Gasteiger partial charge is 0.253 e. The highest BCUT2D eigenvalue weighted by Gasteiger charge is 2.21. The van der Waals surface area contributed by atoms with Crippen LogP contribution in [0.5, 0.6) is 0 Å². The highest BCUT2D eigenvalue weighted by atomic mass is 32.2. The van der Waals surface area contributed by atoms with Gasteiger partial charge in [-0.25, -0.2) is 4.68 Å². The number of thioether (sulfide) groups is 1. The number of carbonyl (C=O) groups excluding carboxylic acids is 2. The van der Waals surface area contributed by atoms with Crippen LogP contribution < -0.4 is 5.32 Å². The van der Waals surface area contributed by atoms with Gasteiger partial charge < -0.3 is 10.2 Å². The maximum atomic E-state index is 12.9. The van der Waals surface area contributed by atoms with E-state index in [0.29, 0.717) is 29.5 Å². The number of anilines is 1. The molecule has 0 bridgehead atoms. The molecule has 1 aromatic heterocycles. The van der Waals surface area contributed by atoms with E-state index in [2.05, 4.69) is 50.0 Å². The summed E-state index contributed by atoms with van der Waals surface area (Å²) < 4.78 is 1.51. The van der Waals surface area contributed by atoms with Gasteiger partial charge in [0, 0.05) is 51.0 Å². The highest BCUT2D eigenvalue weighted by Crippen LogP contribution is 2.16. The van der Waals surface area contributed by atoms with Gasteiger partial charge in [-0.05, 0) is 40.3 Å². The second-order valence-electron chi connectivity index (χ2n) is 7.91. The molecule has 0 atom stereocenters. The van der Waals surface area contributed by atoms with Crippen molar-refractivity contribution in [2.45, 2.75) is 5.16 Å². The van der Waals surface area contributed by atoms with Crippen molar-refractivity contribution in [2.24, 2.45) is 7.05 Å². The molecule has 1 saturated heterocycles. The summed E-state index contributed by atoms with van der Waals surface area (Å²) in [5, 5.41) is 14.5. The fourth-order valence-electron chi connectivity index (χ4n) is 3.58. The van der Waals surface area contributed by atoms with E-state index in [-0.39, 0.29) is 17.6 Å². The van der Waals surface area contributed by atoms with Crippen LogP contribution in [-0.4, -0.2) is 80.3 Å². The third kappa shape index (κ3) is 6.52. The monoisotopic (exact) mass is 477 g/mol. The molecular weight excluding hydrogens is 450 g/mol. The molecule has 34 heavy (non-hydrogen) atoms. The van der Waals surface area contributed by atoms with Gasteiger partial charge in [0.2, 0.25) is 11.1 Å². The number of tetrazole rings is 1. The van der Waals surface area contributed by atoms with Crippen LogP contribution in [0.1, 0.15) is 15.9 Å². The molecule has 1 aliphatic rings. The number of carbonyl (C=O) groups is 2. The van der Waals surface area contributed by atoms with Crippen molar-refractivity contribution in [3.63, 3.8) is 0 Å². The maximum absolute atomic E-state index is 12.9. The van der Waals surface area contributed by atoms with Crippen molar-refractivity contribution in [3.05, 3.63) is 71.8 Å². The largest absolute Gasteiger partial charge is 0.336 e. The topological polar surface area (TPSA) is 96.2 Å². The lowest BCUT2D eigenvalue weighted by Gasteiger charge is -2.34. The lowest BCUT2D eigenvalue weighted by atomic mass is 10.1. The molecule has 2 amide bonds. The van der Waals surface area contributed by atoms with E-state index in [1.165, 1.54) is 22.0 Å². The Morgan fingerprint density at radius 1 is 1.03 bits per heavy atom. The Morgan fingerprint density at radius 2 is 1.76 bits per heavy atom. The molecule has 1 N–H and O–H groups in total. The molecule has 3 aromatic rings. The summed E-state index contributed by atoms with van der Waals surface area (Å²) in [6.07, 6.45) is 4.30. The standard InChI is InChI=1S/C24H27N7O2S/c1-29-24(26-27-28-29)34-18-22(32)25-21-11-9-20(10-12-21)23(33)31-16-14-30(15-17-31)13-5-8-19-6-3-2-4-7-19/h2-12H,13-18H2,1H3,(H,25,32)/b8-5+. The van der Waals surface area contributed by atoms with E-state index < -0.39 is 0 Å². The highest BCUT2D eigenvalue weighted by molar-refractivity contribution is 7.99. The predicted octanol–water partition coefficient (Wildman–Crippen LogP) is 2.41. The van der Waals surface area contributed by atoms with Crippen LogP contribution in [0, 0.1) is 0 Å². The normalized spacial score (nSPS) is 14.4. The summed E-state index contributed by atoms with van der Waals surface area (Å²) in [4.78, 5) is 29.3. The number of hydrogen-bond acceptors (Lipinski definition) is 7. The number of hydrogen-bond donors (Lipinski definition) is 1. The first-order valence-corrected chi connectivity index (χ1v) is 12.1. The van der Waals surface area contributed by atoms with Crippen molar-refractivity contribution < 1.29 is 9.59 Å². The van der Waals surface area contributed by atoms with Crippen molar-refractivity contribution in [1.29, 1.82) is 0 Å². The summed E-state index contributed by atoms with van der Waals surface area (Å²) >= 11 is 1.26. The SMILES string of the molecule is Cn1nnnc1SCC(=O)Nc1ccc(C(=O)N2CCN(C/C=C/c3ccccc3)CC2)cc1. The number of benzene rings is 2. The van der Waals surface area contributed by atoms with E-state index in [0.717, 1.165) is 19.6 Å². The Kier molecular flexibility index (Phi) is 8.05. The Bertz CT molecular complexity index is 1120. The van der Waals surface area contributed by atoms with Crippen LogP contribution in [0.15, 0.2) is 65.8 Å². The molecule has 0 spiro atoms. The van der Waals surface area contributed by atoms with Crippen LogP contribution in [-0.2, 0) is 11.8 Å². The van der Waals surface area contributed by atoms with Gasteiger partial charge >= 0.3 is 0 Å². The van der Waals surface area contributed by atoms with E-state index in [1.54, 1.807) is 31.3 Å². The first-order valence-electron chi connectivity index (χ1n) is 11.1. The first kappa shape index (κ1) is 23.7. The van der Waals surface area contributed by atoms with E-state index >= 15 is 0 Å². The molecular formula is C24H27N7O2S. The predicted molar refractivity (Wildman–Crippen MR) is 132 cm³/mol. The third-order valence-corrected chi connectivity index (χ3v) is 6.47. The summed E-state index contributed by atoms with van der Waals surface area (Å²) in [5.74, 6) is 0.0480. The molecule has 0 saturated carbocycles. The molecule has 0 radical (unpaired) electrons. The number of aryl methyl sites for hydroxylation is 1. The van der Waals surface area contributed by atoms with E-state index in [1.807, 2.05) is 23.1 Å². The number of rotatable bonds is 8. The quantitative estimate of drug-likeness (QED) is 0.498. The third-order valence-electron chi connectivity index (χ3n) is 5.46. The fraction of sp³-hybridized carbons (Fsp3) is 0.292. The summed E-state index contributed by atoms with van der Waals surface area (Å²) in [6, 6.07) is 17.3. The Labute approximate surface area is 202 Å². The van der Waals surface area contributed by atoms with Crippen molar-refractivity contribution in [3.8, 4) is 0 Å². The summed E-state index contributed by atoms with van der Waals surface area (Å²) in [6.45, 7) is 3.96. The van der Waals surface area contributed by atoms with Gasteiger partial charge in [0.05, 0.1) is 5.75 Å². The van der Waals surface area contributed by atoms with Gasteiger partial charge in [-0.1, -0.05) is 54.2 Å². The lowest BCUT2D eigenvalue weighted by molar-refractivity contribution is -0.113. The average molecular weight is 478 g/mol. The average Bonchev–Trinajstić information content (AvgIpc) is 3.28. The van der Waals surface area contributed by atoms with Crippen LogP contribution in [0.2, 0.25) is 0 Å². The number of nitrogens with one attached hydrogen (secondary N) is 1. The van der Waals surface area contributed by atoms with Gasteiger partial charge in [-0.2, -0.15) is 0 Å². The second kappa shape index (κ2) is 11.6. The first-order chi connectivity index (χ1) is 16.6. The molecule has 4 rings (SSSR count). The Balaban J connectivity index is 1.21. The Hall–Kier alpha value is -3.50. The van der Waals surface area contributed by atoms with E-state index in [9.17, 15) is 9.59 Å². The van der Waals surface area contributed by atoms with Crippen molar-refractivity contribution in [2.75, 3.05) is 43.8 Å². The molecule has 1 aliphatic heterocycles. The number of nitrogens with zero attached hydrogens (tertiary/aromatic N) is 6. The molecule has 0 aliphatic carbocycles. The molecule has 2 heterocycles. The van der Waals surface area contributed by atoms with Gasteiger partial charge in [0.15, 0.2) is 0 Å². The second-order valence-corrected chi connectivity index (χ2v) is 8.85. The zero-order chi connectivity index (χ0) is 23.8. The van der Waals surface area contributed by atoms with Gasteiger partial charge in [0.1, 0.15) is 0 Å². The van der Waals surface area contributed by atoms with Gasteiger partial charge in [0.25, 0.3) is 5.91 Å². The minimum Gasteiger partial charge on any atom is -0.336 e. The number of aromatic nitrogens is 4. The van der Waals surface area contributed by atoms with Gasteiger partial charge in [-0.3, -0.25) is 14.5 Å². The minimum absolute atomic E-state index is 0.0164. The molecule has 0 unspecified atom stereocenters. The van der Waals surface area contributed by atoms with E-state index in [4.69, 9.17) is 0 Å². The van der Waals surface area contributed by atoms with Crippen LogP contribution in [0.25, 0.3) is 6.08 Å². The van der Waals surface area contributed by atoms with Gasteiger partial charge in [-0.15, -0.1) is 5.10 Å². The maximum Gasteiger partial charge on any atom is 0.253 e. The van der Waals surface area contributed by atoms with Crippen LogP contribution in [0.3, 0.4) is 0 Å². The fourth-order valence-corrected chi connectivity index (χ4v) is 4.23. The van der Waals surface area contributed by atoms with Crippen LogP contribution >= 0.6 is 11.8 Å². The zero-order valence-electron chi connectivity index (χ0n) is 19.0. The summed E-state index contributed by atoms with van der Waals surface area (Å²) in [5.41, 5.74) is 2.46. The molecule has 1 fully saturated rings. The molecule has 9 nitrogen and oxygen atoms in total. The van der Waals surface area contributed by atoms with Crippen molar-refractivity contribution >= 4 is 35.3 Å². The van der Waals surface area contributed by atoms with Crippen LogP contribution in [0.4, 0.5) is 5.69 Å². The lowest BCUT2D eigenvalue weighted by Crippen LogP contribution is -2.48. The summed E-state index contributed by atoms with van der Waals surface area (Å²) in [7, 11) is 1.72.